The summed E-state index contributed by atoms with van der Waals surface area (Å²) in [6, 6.07) is 8.39. The molecule has 1 nitrogen and oxygen atoms in total. The second-order valence-electron chi connectivity index (χ2n) is 4.15. The minimum Gasteiger partial charge on any atom is -0.399 e. The summed E-state index contributed by atoms with van der Waals surface area (Å²) in [5.74, 6) is -0.227. The molecule has 0 aliphatic carbocycles. The molecule has 0 saturated carbocycles. The lowest BCUT2D eigenvalue weighted by Crippen LogP contribution is -1.92. The van der Waals surface area contributed by atoms with E-state index in [4.69, 9.17) is 17.3 Å². The Morgan fingerprint density at radius 3 is 2.18 bits per heavy atom. The first-order chi connectivity index (χ1) is 7.99. The van der Waals surface area contributed by atoms with E-state index in [0.717, 1.165) is 22.3 Å². The van der Waals surface area contributed by atoms with E-state index in [1.165, 1.54) is 12.1 Å². The molecule has 2 aromatic carbocycles. The summed E-state index contributed by atoms with van der Waals surface area (Å²) < 4.78 is 13.2. The van der Waals surface area contributed by atoms with E-state index in [9.17, 15) is 4.39 Å². The van der Waals surface area contributed by atoms with Gasteiger partial charge in [-0.2, -0.15) is 0 Å². The minimum atomic E-state index is -0.227. The Hall–Kier alpha value is -1.54. The third kappa shape index (κ3) is 2.27. The molecule has 0 heterocycles. The Morgan fingerprint density at radius 2 is 1.65 bits per heavy atom. The van der Waals surface area contributed by atoms with Crippen molar-refractivity contribution in [3.63, 3.8) is 0 Å². The predicted octanol–water partition coefficient (Wildman–Crippen LogP) is 4.35. The van der Waals surface area contributed by atoms with Crippen LogP contribution in [0.3, 0.4) is 0 Å². The summed E-state index contributed by atoms with van der Waals surface area (Å²) in [6.07, 6.45) is 0. The van der Waals surface area contributed by atoms with Crippen LogP contribution in [0, 0.1) is 19.7 Å². The Morgan fingerprint density at radius 1 is 1.06 bits per heavy atom. The molecule has 17 heavy (non-hydrogen) atoms. The minimum absolute atomic E-state index is 0.227. The maximum Gasteiger partial charge on any atom is 0.123 e. The molecule has 3 heteroatoms. The van der Waals surface area contributed by atoms with Gasteiger partial charge in [-0.25, -0.2) is 4.39 Å². The van der Waals surface area contributed by atoms with E-state index in [0.29, 0.717) is 10.7 Å². The Bertz CT molecular complexity index is 555. The molecule has 2 aromatic rings. The largest absolute Gasteiger partial charge is 0.399 e. The lowest BCUT2D eigenvalue weighted by atomic mass is 9.95. The van der Waals surface area contributed by atoms with Crippen molar-refractivity contribution in [2.45, 2.75) is 13.8 Å². The van der Waals surface area contributed by atoms with Gasteiger partial charge in [0, 0.05) is 11.3 Å². The number of hydrogen-bond acceptors (Lipinski definition) is 1. The number of hydrogen-bond donors (Lipinski definition) is 1. The maximum atomic E-state index is 13.2. The molecule has 0 amide bonds. The van der Waals surface area contributed by atoms with Crippen molar-refractivity contribution >= 4 is 17.3 Å². The van der Waals surface area contributed by atoms with Gasteiger partial charge in [0.2, 0.25) is 0 Å². The Labute approximate surface area is 105 Å². The standard InChI is InChI=1S/C14H13ClFN/c1-8-5-10(16)6-9(2)14(8)12-4-3-11(17)7-13(12)15/h3-7H,17H2,1-2H3. The SMILES string of the molecule is Cc1cc(F)cc(C)c1-c1ccc(N)cc1Cl. The molecule has 88 valence electrons. The zero-order chi connectivity index (χ0) is 12.6. The van der Waals surface area contributed by atoms with Crippen LogP contribution in [0.15, 0.2) is 30.3 Å². The van der Waals surface area contributed by atoms with Gasteiger partial charge in [0.05, 0.1) is 5.02 Å². The number of nitrogen functional groups attached to an aromatic ring is 1. The van der Waals surface area contributed by atoms with E-state index >= 15 is 0 Å². The van der Waals surface area contributed by atoms with Crippen molar-refractivity contribution in [1.82, 2.24) is 0 Å². The van der Waals surface area contributed by atoms with Crippen molar-refractivity contribution in [3.8, 4) is 11.1 Å². The molecule has 0 atom stereocenters. The molecule has 0 aromatic heterocycles. The lowest BCUT2D eigenvalue weighted by Gasteiger charge is -2.12. The van der Waals surface area contributed by atoms with Crippen molar-refractivity contribution in [2.75, 3.05) is 5.73 Å². The van der Waals surface area contributed by atoms with Crippen molar-refractivity contribution in [2.24, 2.45) is 0 Å². The van der Waals surface area contributed by atoms with Crippen molar-refractivity contribution in [1.29, 1.82) is 0 Å². The van der Waals surface area contributed by atoms with Crippen molar-refractivity contribution in [3.05, 3.63) is 52.3 Å². The van der Waals surface area contributed by atoms with Crippen LogP contribution in [0.1, 0.15) is 11.1 Å². The van der Waals surface area contributed by atoms with Gasteiger partial charge in [-0.05, 0) is 54.8 Å². The fraction of sp³-hybridized carbons (Fsp3) is 0.143. The van der Waals surface area contributed by atoms with Crippen LogP contribution in [-0.4, -0.2) is 0 Å². The Balaban J connectivity index is 2.68. The maximum absolute atomic E-state index is 13.2. The molecular formula is C14H13ClFN. The first kappa shape index (κ1) is 11.9. The highest BCUT2D eigenvalue weighted by Gasteiger charge is 2.11. The molecule has 0 fully saturated rings. The van der Waals surface area contributed by atoms with Gasteiger partial charge < -0.3 is 5.73 Å². The highest BCUT2D eigenvalue weighted by molar-refractivity contribution is 6.33. The average Bonchev–Trinajstić information content (AvgIpc) is 2.19. The highest BCUT2D eigenvalue weighted by atomic mass is 35.5. The third-order valence-corrected chi connectivity index (χ3v) is 3.07. The smallest absolute Gasteiger partial charge is 0.123 e. The van der Waals surface area contributed by atoms with Crippen LogP contribution in [0.4, 0.5) is 10.1 Å². The summed E-state index contributed by atoms with van der Waals surface area (Å²) >= 11 is 6.17. The number of benzene rings is 2. The van der Waals surface area contributed by atoms with E-state index in [1.807, 2.05) is 19.9 Å². The van der Waals surface area contributed by atoms with Gasteiger partial charge in [0.1, 0.15) is 5.82 Å². The van der Waals surface area contributed by atoms with Gasteiger partial charge >= 0.3 is 0 Å². The first-order valence-electron chi connectivity index (χ1n) is 5.31. The van der Waals surface area contributed by atoms with Crippen LogP contribution in [0.2, 0.25) is 5.02 Å². The monoisotopic (exact) mass is 249 g/mol. The fourth-order valence-corrected chi connectivity index (χ4v) is 2.35. The van der Waals surface area contributed by atoms with E-state index in [-0.39, 0.29) is 5.82 Å². The zero-order valence-electron chi connectivity index (χ0n) is 9.72. The molecule has 0 saturated heterocycles. The molecule has 0 aliphatic heterocycles. The van der Waals surface area contributed by atoms with Crippen LogP contribution < -0.4 is 5.73 Å². The number of aryl methyl sites for hydroxylation is 2. The molecular weight excluding hydrogens is 237 g/mol. The molecule has 0 radical (unpaired) electrons. The molecule has 0 aliphatic rings. The highest BCUT2D eigenvalue weighted by Crippen LogP contribution is 2.34. The third-order valence-electron chi connectivity index (χ3n) is 2.76. The van der Waals surface area contributed by atoms with Gasteiger partial charge in [-0.3, -0.25) is 0 Å². The predicted molar refractivity (Wildman–Crippen MR) is 70.7 cm³/mol. The summed E-state index contributed by atoms with van der Waals surface area (Å²) in [4.78, 5) is 0. The van der Waals surface area contributed by atoms with Gasteiger partial charge in [0.25, 0.3) is 0 Å². The fourth-order valence-electron chi connectivity index (χ4n) is 2.07. The zero-order valence-corrected chi connectivity index (χ0v) is 10.5. The van der Waals surface area contributed by atoms with Gasteiger partial charge in [-0.1, -0.05) is 17.7 Å². The number of halogens is 2. The topological polar surface area (TPSA) is 26.0 Å². The molecule has 2 rings (SSSR count). The van der Waals surface area contributed by atoms with E-state index in [1.54, 1.807) is 12.1 Å². The lowest BCUT2D eigenvalue weighted by molar-refractivity contribution is 0.625. The van der Waals surface area contributed by atoms with Gasteiger partial charge in [0.15, 0.2) is 0 Å². The summed E-state index contributed by atoms with van der Waals surface area (Å²) in [5, 5.41) is 0.586. The van der Waals surface area contributed by atoms with Crippen LogP contribution in [0.25, 0.3) is 11.1 Å². The number of anilines is 1. The van der Waals surface area contributed by atoms with Crippen LogP contribution in [0.5, 0.6) is 0 Å². The number of rotatable bonds is 1. The quantitative estimate of drug-likeness (QED) is 0.748. The second kappa shape index (κ2) is 4.38. The van der Waals surface area contributed by atoms with E-state index in [2.05, 4.69) is 0 Å². The molecule has 0 unspecified atom stereocenters. The second-order valence-corrected chi connectivity index (χ2v) is 4.56. The molecule has 0 spiro atoms. The molecule has 2 N–H and O–H groups in total. The van der Waals surface area contributed by atoms with Crippen molar-refractivity contribution < 1.29 is 4.39 Å². The average molecular weight is 250 g/mol. The van der Waals surface area contributed by atoms with Crippen LogP contribution >= 0.6 is 11.6 Å². The van der Waals surface area contributed by atoms with Gasteiger partial charge in [-0.15, -0.1) is 0 Å². The first-order valence-corrected chi connectivity index (χ1v) is 5.69. The number of nitrogens with two attached hydrogens (primary N) is 1. The normalized spacial score (nSPS) is 10.6. The van der Waals surface area contributed by atoms with Crippen LogP contribution in [-0.2, 0) is 0 Å². The summed E-state index contributed by atoms with van der Waals surface area (Å²) in [7, 11) is 0. The summed E-state index contributed by atoms with van der Waals surface area (Å²) in [5.41, 5.74) is 9.88. The van der Waals surface area contributed by atoms with E-state index < -0.39 is 0 Å². The Kier molecular flexibility index (Phi) is 3.07. The summed E-state index contributed by atoms with van der Waals surface area (Å²) in [6.45, 7) is 3.75. The molecule has 0 bridgehead atoms.